The first-order valence-electron chi connectivity index (χ1n) is 10.2. The van der Waals surface area contributed by atoms with Gasteiger partial charge in [-0.05, 0) is 61.2 Å². The Kier molecular flexibility index (Phi) is 6.86. The van der Waals surface area contributed by atoms with Crippen molar-refractivity contribution >= 4 is 39.3 Å². The van der Waals surface area contributed by atoms with Gasteiger partial charge < -0.3 is 5.32 Å². The molecule has 0 unspecified atom stereocenters. The molecule has 1 amide bonds. The number of aryl methyl sites for hydroxylation is 2. The van der Waals surface area contributed by atoms with Gasteiger partial charge >= 0.3 is 0 Å². The van der Waals surface area contributed by atoms with E-state index in [9.17, 15) is 18.5 Å². The molecule has 1 aliphatic rings. The lowest BCUT2D eigenvalue weighted by molar-refractivity contribution is -0.115. The summed E-state index contributed by atoms with van der Waals surface area (Å²) < 4.78 is 27.1. The highest BCUT2D eigenvalue weighted by Crippen LogP contribution is 2.28. The number of nitriles is 1. The SMILES string of the molecule is N#Cc1cc2c(nc1SCCC(=O)Nc1ccc(S(=O)(=O)Nc3ncccn3)cc1)CCC2. The van der Waals surface area contributed by atoms with E-state index in [-0.39, 0.29) is 23.2 Å². The fraction of sp³-hybridized carbons (Fsp3) is 0.227. The van der Waals surface area contributed by atoms with E-state index in [1.165, 1.54) is 48.4 Å². The second kappa shape index (κ2) is 9.97. The molecule has 168 valence electrons. The number of amides is 1. The maximum atomic E-state index is 12.4. The van der Waals surface area contributed by atoms with Crippen molar-refractivity contribution in [3.05, 3.63) is 65.6 Å². The Morgan fingerprint density at radius 3 is 2.64 bits per heavy atom. The minimum atomic E-state index is -3.84. The molecule has 9 nitrogen and oxygen atoms in total. The van der Waals surface area contributed by atoms with Crippen LogP contribution in [0.2, 0.25) is 0 Å². The first kappa shape index (κ1) is 22.7. The van der Waals surface area contributed by atoms with Gasteiger partial charge in [0.1, 0.15) is 11.1 Å². The molecule has 2 aromatic heterocycles. The quantitative estimate of drug-likeness (QED) is 0.469. The van der Waals surface area contributed by atoms with Crippen molar-refractivity contribution in [3.63, 3.8) is 0 Å². The molecule has 0 radical (unpaired) electrons. The van der Waals surface area contributed by atoms with Crippen LogP contribution in [0.5, 0.6) is 0 Å². The van der Waals surface area contributed by atoms with Crippen LogP contribution in [-0.4, -0.2) is 35.0 Å². The number of benzene rings is 1. The third-order valence-corrected chi connectivity index (χ3v) is 7.28. The number of anilines is 2. The number of pyridine rings is 1. The summed E-state index contributed by atoms with van der Waals surface area (Å²) in [5.74, 6) is 0.234. The van der Waals surface area contributed by atoms with Crippen LogP contribution in [0.1, 0.15) is 29.7 Å². The highest BCUT2D eigenvalue weighted by atomic mass is 32.2. The number of carbonyl (C=O) groups is 1. The molecule has 0 fully saturated rings. The normalized spacial score (nSPS) is 12.6. The summed E-state index contributed by atoms with van der Waals surface area (Å²) in [6.07, 6.45) is 6.03. The van der Waals surface area contributed by atoms with Crippen molar-refractivity contribution in [1.29, 1.82) is 5.26 Å². The van der Waals surface area contributed by atoms with Gasteiger partial charge in [0.15, 0.2) is 0 Å². The smallest absolute Gasteiger partial charge is 0.264 e. The van der Waals surface area contributed by atoms with E-state index in [0.717, 1.165) is 30.5 Å². The summed E-state index contributed by atoms with van der Waals surface area (Å²) in [6.45, 7) is 0. The van der Waals surface area contributed by atoms with E-state index in [0.29, 0.717) is 22.0 Å². The Balaban J connectivity index is 1.31. The summed E-state index contributed by atoms with van der Waals surface area (Å²) in [7, 11) is -3.84. The second-order valence-corrected chi connectivity index (χ2v) is 10.0. The zero-order valence-electron chi connectivity index (χ0n) is 17.5. The molecule has 33 heavy (non-hydrogen) atoms. The van der Waals surface area contributed by atoms with Gasteiger partial charge in [0, 0.05) is 35.9 Å². The van der Waals surface area contributed by atoms with Gasteiger partial charge in [-0.2, -0.15) is 5.26 Å². The van der Waals surface area contributed by atoms with Gasteiger partial charge in [0.25, 0.3) is 10.0 Å². The predicted molar refractivity (Wildman–Crippen MR) is 124 cm³/mol. The van der Waals surface area contributed by atoms with E-state index in [1.807, 2.05) is 6.07 Å². The highest BCUT2D eigenvalue weighted by Gasteiger charge is 2.18. The maximum Gasteiger partial charge on any atom is 0.264 e. The summed E-state index contributed by atoms with van der Waals surface area (Å²) >= 11 is 1.39. The van der Waals surface area contributed by atoms with E-state index in [2.05, 4.69) is 31.1 Å². The van der Waals surface area contributed by atoms with Crippen LogP contribution in [0.15, 0.2) is 58.7 Å². The summed E-state index contributed by atoms with van der Waals surface area (Å²) in [4.78, 5) is 24.6. The van der Waals surface area contributed by atoms with Crippen molar-refractivity contribution in [1.82, 2.24) is 15.0 Å². The number of nitrogens with one attached hydrogen (secondary N) is 2. The first-order chi connectivity index (χ1) is 15.9. The second-order valence-electron chi connectivity index (χ2n) is 7.26. The monoisotopic (exact) mass is 480 g/mol. The third-order valence-electron chi connectivity index (χ3n) is 4.94. The maximum absolute atomic E-state index is 12.4. The van der Waals surface area contributed by atoms with Crippen LogP contribution in [0.3, 0.4) is 0 Å². The molecule has 1 aliphatic carbocycles. The number of fused-ring (bicyclic) bond motifs is 1. The largest absolute Gasteiger partial charge is 0.326 e. The number of hydrogen-bond acceptors (Lipinski definition) is 8. The van der Waals surface area contributed by atoms with E-state index in [1.54, 1.807) is 6.07 Å². The number of thioether (sulfide) groups is 1. The average molecular weight is 481 g/mol. The van der Waals surface area contributed by atoms with Gasteiger partial charge in [-0.15, -0.1) is 11.8 Å². The Morgan fingerprint density at radius 2 is 1.91 bits per heavy atom. The fourth-order valence-electron chi connectivity index (χ4n) is 3.36. The van der Waals surface area contributed by atoms with Gasteiger partial charge in [-0.3, -0.25) is 4.79 Å². The number of hydrogen-bond donors (Lipinski definition) is 2. The van der Waals surface area contributed by atoms with Crippen molar-refractivity contribution < 1.29 is 13.2 Å². The molecule has 1 aromatic carbocycles. The van der Waals surface area contributed by atoms with Crippen LogP contribution >= 0.6 is 11.8 Å². The van der Waals surface area contributed by atoms with Crippen molar-refractivity contribution in [2.24, 2.45) is 0 Å². The lowest BCUT2D eigenvalue weighted by Gasteiger charge is -2.09. The molecule has 4 rings (SSSR count). The molecule has 2 N–H and O–H groups in total. The van der Waals surface area contributed by atoms with Crippen molar-refractivity contribution in [2.45, 2.75) is 35.6 Å². The Hall–Kier alpha value is -3.49. The van der Waals surface area contributed by atoms with Crippen LogP contribution in [0.4, 0.5) is 11.6 Å². The Bertz CT molecular complexity index is 1310. The van der Waals surface area contributed by atoms with E-state index < -0.39 is 10.0 Å². The zero-order valence-corrected chi connectivity index (χ0v) is 19.1. The summed E-state index contributed by atoms with van der Waals surface area (Å²) in [6, 6.07) is 11.5. The van der Waals surface area contributed by atoms with Gasteiger partial charge in [0.05, 0.1) is 10.5 Å². The predicted octanol–water partition coefficient (Wildman–Crippen LogP) is 3.15. The number of rotatable bonds is 8. The molecular weight excluding hydrogens is 460 g/mol. The number of aromatic nitrogens is 3. The molecule has 0 bridgehead atoms. The highest BCUT2D eigenvalue weighted by molar-refractivity contribution is 7.99. The van der Waals surface area contributed by atoms with Crippen LogP contribution in [0, 0.1) is 11.3 Å². The number of carbonyl (C=O) groups excluding carboxylic acids is 1. The fourth-order valence-corrected chi connectivity index (χ4v) is 5.23. The van der Waals surface area contributed by atoms with Crippen LogP contribution in [-0.2, 0) is 27.7 Å². The number of sulfonamides is 1. The molecule has 3 aromatic rings. The van der Waals surface area contributed by atoms with Crippen LogP contribution in [0.25, 0.3) is 0 Å². The molecule has 0 atom stereocenters. The molecule has 2 heterocycles. The van der Waals surface area contributed by atoms with Gasteiger partial charge in [-0.25, -0.2) is 28.1 Å². The molecule has 11 heteroatoms. The zero-order chi connectivity index (χ0) is 23.3. The Labute approximate surface area is 195 Å². The van der Waals surface area contributed by atoms with Gasteiger partial charge in [0.2, 0.25) is 11.9 Å². The molecule has 0 aliphatic heterocycles. The topological polar surface area (TPSA) is 138 Å². The molecule has 0 saturated carbocycles. The van der Waals surface area contributed by atoms with Crippen molar-refractivity contribution in [2.75, 3.05) is 15.8 Å². The minimum absolute atomic E-state index is 0.0233. The lowest BCUT2D eigenvalue weighted by atomic mass is 10.2. The van der Waals surface area contributed by atoms with Crippen LogP contribution < -0.4 is 10.0 Å². The molecule has 0 spiro atoms. The summed E-state index contributed by atoms with van der Waals surface area (Å²) in [5.41, 5.74) is 3.22. The Morgan fingerprint density at radius 1 is 1.15 bits per heavy atom. The van der Waals surface area contributed by atoms with Crippen molar-refractivity contribution in [3.8, 4) is 6.07 Å². The molecule has 0 saturated heterocycles. The van der Waals surface area contributed by atoms with Gasteiger partial charge in [-0.1, -0.05) is 0 Å². The van der Waals surface area contributed by atoms with E-state index in [4.69, 9.17) is 0 Å². The first-order valence-corrected chi connectivity index (χ1v) is 12.7. The number of nitrogens with zero attached hydrogens (tertiary/aromatic N) is 4. The standard InChI is InChI=1S/C22H20N6O3S2/c23-14-16-13-15-3-1-4-19(15)27-21(16)32-12-9-20(29)26-17-5-7-18(8-6-17)33(30,31)28-22-24-10-2-11-25-22/h2,5-8,10-11,13H,1,3-4,9,12H2,(H,26,29)(H,24,25,28). The third kappa shape index (κ3) is 5.66. The lowest BCUT2D eigenvalue weighted by Crippen LogP contribution is -2.15. The van der Waals surface area contributed by atoms with E-state index >= 15 is 0 Å². The average Bonchev–Trinajstić information content (AvgIpc) is 3.26. The molecular formula is C22H20N6O3S2. The summed E-state index contributed by atoms with van der Waals surface area (Å²) in [5, 5.41) is 12.8. The minimum Gasteiger partial charge on any atom is -0.326 e.